The van der Waals surface area contributed by atoms with Crippen LogP contribution in [-0.4, -0.2) is 22.4 Å². The van der Waals surface area contributed by atoms with Crippen LogP contribution in [0.2, 0.25) is 0 Å². The van der Waals surface area contributed by atoms with Crippen molar-refractivity contribution in [2.45, 2.75) is 19.4 Å². The zero-order valence-corrected chi connectivity index (χ0v) is 14.6. The van der Waals surface area contributed by atoms with E-state index in [1.165, 1.54) is 0 Å². The van der Waals surface area contributed by atoms with Gasteiger partial charge in [-0.15, -0.1) is 0 Å². The number of aromatic nitrogens is 1. The van der Waals surface area contributed by atoms with E-state index in [2.05, 4.69) is 0 Å². The van der Waals surface area contributed by atoms with Gasteiger partial charge in [0, 0.05) is 13.1 Å². The van der Waals surface area contributed by atoms with Crippen molar-refractivity contribution in [3.63, 3.8) is 0 Å². The summed E-state index contributed by atoms with van der Waals surface area (Å²) in [5, 5.41) is 11.6. The number of pyridine rings is 1. The van der Waals surface area contributed by atoms with Crippen LogP contribution < -0.4 is 14.9 Å². The Morgan fingerprint density at radius 3 is 2.76 bits per heavy atom. The molecule has 0 spiro atoms. The first-order valence-electron chi connectivity index (χ1n) is 8.07. The standard InChI is InChI=1S/C20H19NO4/c1-20(2)9-8-11-15(25-20)10-13-16(18(11)22)19(23)12-6-5-7-14(24-4)17(12)21(13)3/h5-10,22H,1-4H3. The van der Waals surface area contributed by atoms with E-state index in [0.717, 1.165) is 0 Å². The predicted molar refractivity (Wildman–Crippen MR) is 98.7 cm³/mol. The Labute approximate surface area is 144 Å². The summed E-state index contributed by atoms with van der Waals surface area (Å²) in [6, 6.07) is 7.14. The second kappa shape index (κ2) is 5.02. The van der Waals surface area contributed by atoms with Crippen molar-refractivity contribution in [2.24, 2.45) is 7.05 Å². The average molecular weight is 337 g/mol. The summed E-state index contributed by atoms with van der Waals surface area (Å²) in [4.78, 5) is 13.0. The van der Waals surface area contributed by atoms with E-state index in [-0.39, 0.29) is 16.6 Å². The van der Waals surface area contributed by atoms with Crippen LogP contribution in [0.15, 0.2) is 35.1 Å². The molecule has 0 bridgehead atoms. The molecule has 0 unspecified atom stereocenters. The predicted octanol–water partition coefficient (Wildman–Crippen LogP) is 3.59. The van der Waals surface area contributed by atoms with Crippen molar-refractivity contribution in [3.8, 4) is 17.2 Å². The largest absolute Gasteiger partial charge is 0.506 e. The van der Waals surface area contributed by atoms with E-state index in [0.29, 0.717) is 33.5 Å². The minimum atomic E-state index is -0.472. The van der Waals surface area contributed by atoms with E-state index in [4.69, 9.17) is 9.47 Å². The van der Waals surface area contributed by atoms with Crippen LogP contribution >= 0.6 is 0 Å². The molecular weight excluding hydrogens is 318 g/mol. The van der Waals surface area contributed by atoms with Crippen molar-refractivity contribution in [1.29, 1.82) is 0 Å². The Morgan fingerprint density at radius 2 is 2.04 bits per heavy atom. The highest BCUT2D eigenvalue weighted by molar-refractivity contribution is 6.01. The van der Waals surface area contributed by atoms with Gasteiger partial charge in [0.25, 0.3) is 0 Å². The summed E-state index contributed by atoms with van der Waals surface area (Å²) in [6.45, 7) is 3.88. The lowest BCUT2D eigenvalue weighted by molar-refractivity contribution is 0.158. The fraction of sp³-hybridized carbons (Fsp3) is 0.250. The number of hydrogen-bond acceptors (Lipinski definition) is 4. The number of hydrogen-bond donors (Lipinski definition) is 1. The molecule has 5 heteroatoms. The van der Waals surface area contributed by atoms with E-state index >= 15 is 0 Å². The number of benzene rings is 2. The number of phenolic OH excluding ortho intramolecular Hbond substituents is 1. The van der Waals surface area contributed by atoms with Gasteiger partial charge < -0.3 is 19.1 Å². The molecule has 128 valence electrons. The number of nitrogens with zero attached hydrogens (tertiary/aromatic N) is 1. The topological polar surface area (TPSA) is 60.7 Å². The quantitative estimate of drug-likeness (QED) is 0.689. The minimum Gasteiger partial charge on any atom is -0.506 e. The summed E-state index contributed by atoms with van der Waals surface area (Å²) >= 11 is 0. The first-order valence-corrected chi connectivity index (χ1v) is 8.07. The first kappa shape index (κ1) is 15.6. The zero-order chi connectivity index (χ0) is 17.9. The molecule has 5 nitrogen and oxygen atoms in total. The third-order valence-electron chi connectivity index (χ3n) is 4.69. The fourth-order valence-electron chi connectivity index (χ4n) is 3.45. The number of aromatic hydroxyl groups is 1. The number of methoxy groups -OCH3 is 1. The Morgan fingerprint density at radius 1 is 1.28 bits per heavy atom. The number of para-hydroxylation sites is 1. The lowest BCUT2D eigenvalue weighted by Gasteiger charge is -2.29. The molecule has 0 atom stereocenters. The van der Waals surface area contributed by atoms with Crippen molar-refractivity contribution < 1.29 is 14.6 Å². The molecule has 25 heavy (non-hydrogen) atoms. The normalized spacial score (nSPS) is 15.2. The molecule has 2 heterocycles. The molecular formula is C20H19NO4. The van der Waals surface area contributed by atoms with Gasteiger partial charge in [-0.05, 0) is 38.1 Å². The maximum atomic E-state index is 13.0. The van der Waals surface area contributed by atoms with Crippen LogP contribution in [0.25, 0.3) is 27.9 Å². The van der Waals surface area contributed by atoms with Gasteiger partial charge in [-0.1, -0.05) is 6.07 Å². The molecule has 1 aliphatic heterocycles. The van der Waals surface area contributed by atoms with Crippen molar-refractivity contribution in [2.75, 3.05) is 7.11 Å². The van der Waals surface area contributed by atoms with Crippen LogP contribution in [0.1, 0.15) is 19.4 Å². The number of ether oxygens (including phenoxy) is 2. The molecule has 1 N–H and O–H groups in total. The third-order valence-corrected chi connectivity index (χ3v) is 4.69. The van der Waals surface area contributed by atoms with Crippen LogP contribution in [0, 0.1) is 0 Å². The molecule has 1 aliphatic rings. The molecule has 0 aliphatic carbocycles. The maximum Gasteiger partial charge on any atom is 0.201 e. The number of phenols is 1. The highest BCUT2D eigenvalue weighted by Gasteiger charge is 2.26. The van der Waals surface area contributed by atoms with Gasteiger partial charge in [-0.2, -0.15) is 0 Å². The minimum absolute atomic E-state index is 0.0513. The number of rotatable bonds is 1. The first-order chi connectivity index (χ1) is 11.8. The summed E-state index contributed by atoms with van der Waals surface area (Å²) in [5.41, 5.74) is 1.13. The SMILES string of the molecule is COc1cccc2c(=O)c3c(O)c4c(cc3n(C)c12)OC(C)(C)C=C4. The monoisotopic (exact) mass is 337 g/mol. The van der Waals surface area contributed by atoms with Crippen LogP contribution in [-0.2, 0) is 7.05 Å². The van der Waals surface area contributed by atoms with Gasteiger partial charge in [0.2, 0.25) is 5.43 Å². The van der Waals surface area contributed by atoms with E-state index in [1.54, 1.807) is 19.2 Å². The molecule has 0 fully saturated rings. The zero-order valence-electron chi connectivity index (χ0n) is 14.6. The molecule has 0 amide bonds. The highest BCUT2D eigenvalue weighted by Crippen LogP contribution is 2.41. The van der Waals surface area contributed by atoms with Gasteiger partial charge >= 0.3 is 0 Å². The molecule has 0 radical (unpaired) electrons. The van der Waals surface area contributed by atoms with Gasteiger partial charge in [0.15, 0.2) is 0 Å². The fourth-order valence-corrected chi connectivity index (χ4v) is 3.45. The second-order valence-corrected chi connectivity index (χ2v) is 6.81. The lowest BCUT2D eigenvalue weighted by Crippen LogP contribution is -2.27. The lowest BCUT2D eigenvalue weighted by atomic mass is 9.98. The molecule has 3 aromatic rings. The van der Waals surface area contributed by atoms with Crippen LogP contribution in [0.5, 0.6) is 17.2 Å². The molecule has 1 aromatic heterocycles. The molecule has 4 rings (SSSR count). The highest BCUT2D eigenvalue weighted by atomic mass is 16.5. The Hall–Kier alpha value is -2.95. The molecule has 0 saturated carbocycles. The summed E-state index contributed by atoms with van der Waals surface area (Å²) in [5.74, 6) is 1.11. The number of fused-ring (bicyclic) bond motifs is 3. The van der Waals surface area contributed by atoms with Gasteiger partial charge in [-0.25, -0.2) is 0 Å². The maximum absolute atomic E-state index is 13.0. The summed E-state index contributed by atoms with van der Waals surface area (Å²) in [7, 11) is 3.42. The van der Waals surface area contributed by atoms with Crippen molar-refractivity contribution in [1.82, 2.24) is 4.57 Å². The van der Waals surface area contributed by atoms with E-state index in [1.807, 2.05) is 49.7 Å². The van der Waals surface area contributed by atoms with Crippen LogP contribution in [0.4, 0.5) is 0 Å². The Kier molecular flexibility index (Phi) is 3.13. The van der Waals surface area contributed by atoms with Crippen molar-refractivity contribution >= 4 is 27.9 Å². The molecule has 0 saturated heterocycles. The van der Waals surface area contributed by atoms with E-state index < -0.39 is 5.60 Å². The Balaban J connectivity index is 2.22. The second-order valence-electron chi connectivity index (χ2n) is 6.81. The van der Waals surface area contributed by atoms with Crippen LogP contribution in [0.3, 0.4) is 0 Å². The number of aryl methyl sites for hydroxylation is 1. The average Bonchev–Trinajstić information content (AvgIpc) is 2.57. The van der Waals surface area contributed by atoms with E-state index in [9.17, 15) is 9.90 Å². The molecule has 2 aromatic carbocycles. The third kappa shape index (κ3) is 2.12. The van der Waals surface area contributed by atoms with Crippen molar-refractivity contribution in [3.05, 3.63) is 46.1 Å². The van der Waals surface area contributed by atoms with Gasteiger partial charge in [0.1, 0.15) is 22.8 Å². The smallest absolute Gasteiger partial charge is 0.201 e. The van der Waals surface area contributed by atoms with Gasteiger partial charge in [-0.3, -0.25) is 4.79 Å². The van der Waals surface area contributed by atoms with Gasteiger partial charge in [0.05, 0.1) is 34.5 Å². The summed E-state index contributed by atoms with van der Waals surface area (Å²) in [6.07, 6.45) is 3.68. The summed E-state index contributed by atoms with van der Waals surface area (Å²) < 4.78 is 13.3. The Bertz CT molecular complexity index is 1120.